The van der Waals surface area contributed by atoms with Crippen LogP contribution >= 0.6 is 0 Å². The summed E-state index contributed by atoms with van der Waals surface area (Å²) in [6.07, 6.45) is -7.57. The number of ketones is 1. The highest BCUT2D eigenvalue weighted by atomic mass is 16.8. The quantitative estimate of drug-likeness (QED) is 0.216. The van der Waals surface area contributed by atoms with Gasteiger partial charge in [-0.15, -0.1) is 0 Å². The number of rotatable bonds is 7. The van der Waals surface area contributed by atoms with E-state index in [1.54, 1.807) is 79.5 Å². The van der Waals surface area contributed by atoms with Crippen molar-refractivity contribution in [3.8, 4) is 0 Å². The van der Waals surface area contributed by atoms with Crippen LogP contribution in [0.1, 0.15) is 41.0 Å². The number of Topliss-reactive ketones (excluding diaryl/α,β-unsaturated/α-hetero) is 1. The first-order chi connectivity index (χ1) is 20.4. The van der Waals surface area contributed by atoms with Crippen molar-refractivity contribution in [2.45, 2.75) is 74.5 Å². The first-order valence-electron chi connectivity index (χ1n) is 14.3. The number of fused-ring (bicyclic) bond motifs is 2. The Labute approximate surface area is 249 Å². The van der Waals surface area contributed by atoms with Gasteiger partial charge in [0.15, 0.2) is 5.78 Å². The molecular formula is C31H39N3O9. The van der Waals surface area contributed by atoms with Gasteiger partial charge in [0, 0.05) is 29.8 Å². The summed E-state index contributed by atoms with van der Waals surface area (Å²) < 4.78 is 18.1. The van der Waals surface area contributed by atoms with Gasteiger partial charge in [0.25, 0.3) is 5.91 Å². The number of aliphatic hydroxyl groups excluding tert-OH is 2. The highest BCUT2D eigenvalue weighted by Gasteiger charge is 2.68. The fourth-order valence-electron chi connectivity index (χ4n) is 6.49. The van der Waals surface area contributed by atoms with Gasteiger partial charge in [-0.25, -0.2) is 4.99 Å². The molecule has 6 N–H and O–H groups in total. The molecule has 5 rings (SSSR count). The van der Waals surface area contributed by atoms with Crippen LogP contribution in [0, 0.1) is 5.92 Å². The van der Waals surface area contributed by atoms with Gasteiger partial charge in [-0.3, -0.25) is 14.5 Å². The summed E-state index contributed by atoms with van der Waals surface area (Å²) in [6, 6.07) is 15.9. The van der Waals surface area contributed by atoms with E-state index in [0.717, 1.165) is 0 Å². The lowest BCUT2D eigenvalue weighted by atomic mass is 9.72. The number of nitrogens with zero attached hydrogens (tertiary/aromatic N) is 2. The Morgan fingerprint density at radius 2 is 1.58 bits per heavy atom. The summed E-state index contributed by atoms with van der Waals surface area (Å²) in [4.78, 5) is 31.9. The molecule has 2 aromatic rings. The molecule has 4 unspecified atom stereocenters. The SMILES string of the molecule is CC(=NC(=O)c1ccccc1)[C@@H]1C(O)[C@H](N(C)CC(=O)c2ccccc2)C2O[C@]3(O)C(OC2[C@H]1O)O[C@H](C)C[C@@]3(O)CN. The minimum Gasteiger partial charge on any atom is -0.391 e. The largest absolute Gasteiger partial charge is 0.391 e. The lowest BCUT2D eigenvalue weighted by molar-refractivity contribution is -0.483. The van der Waals surface area contributed by atoms with Crippen LogP contribution in [-0.2, 0) is 14.2 Å². The summed E-state index contributed by atoms with van der Waals surface area (Å²) in [5.41, 5.74) is 4.83. The Morgan fingerprint density at radius 1 is 0.977 bits per heavy atom. The summed E-state index contributed by atoms with van der Waals surface area (Å²) in [5.74, 6) is -4.38. The third-order valence-electron chi connectivity index (χ3n) is 8.76. The molecule has 2 saturated heterocycles. The van der Waals surface area contributed by atoms with Crippen molar-refractivity contribution < 1.29 is 44.2 Å². The zero-order valence-corrected chi connectivity index (χ0v) is 24.3. The molecule has 1 saturated carbocycles. The number of nitrogens with two attached hydrogens (primary N) is 1. The van der Waals surface area contributed by atoms with Gasteiger partial charge in [0.1, 0.15) is 17.8 Å². The number of benzene rings is 2. The monoisotopic (exact) mass is 597 g/mol. The maximum absolute atomic E-state index is 13.2. The van der Waals surface area contributed by atoms with Crippen molar-refractivity contribution in [1.82, 2.24) is 4.90 Å². The average Bonchev–Trinajstić information content (AvgIpc) is 2.98. The van der Waals surface area contributed by atoms with Crippen LogP contribution in [0.15, 0.2) is 65.7 Å². The first-order valence-corrected chi connectivity index (χ1v) is 14.3. The van der Waals surface area contributed by atoms with Crippen LogP contribution in [-0.4, -0.2) is 117 Å². The molecule has 10 atom stereocenters. The van der Waals surface area contributed by atoms with E-state index in [9.17, 15) is 30.0 Å². The van der Waals surface area contributed by atoms with Crippen molar-refractivity contribution in [2.75, 3.05) is 20.1 Å². The van der Waals surface area contributed by atoms with E-state index in [2.05, 4.69) is 4.99 Å². The van der Waals surface area contributed by atoms with Gasteiger partial charge < -0.3 is 40.4 Å². The second-order valence-electron chi connectivity index (χ2n) is 11.7. The minimum absolute atomic E-state index is 0.0641. The molecule has 0 spiro atoms. The number of aliphatic imine (C=N–C) groups is 1. The van der Waals surface area contributed by atoms with E-state index in [4.69, 9.17) is 19.9 Å². The van der Waals surface area contributed by atoms with Crippen LogP contribution in [0.4, 0.5) is 0 Å². The molecule has 0 radical (unpaired) electrons. The lowest BCUT2D eigenvalue weighted by Crippen LogP contribution is -2.80. The van der Waals surface area contributed by atoms with E-state index < -0.39 is 66.1 Å². The Kier molecular flexibility index (Phi) is 8.96. The topological polar surface area (TPSA) is 184 Å². The second kappa shape index (κ2) is 12.2. The van der Waals surface area contributed by atoms with Crippen LogP contribution in [0.5, 0.6) is 0 Å². The van der Waals surface area contributed by atoms with Gasteiger partial charge in [0.2, 0.25) is 12.1 Å². The summed E-state index contributed by atoms with van der Waals surface area (Å²) in [5, 5.41) is 46.5. The molecule has 43 heavy (non-hydrogen) atoms. The first kappa shape index (κ1) is 31.5. The van der Waals surface area contributed by atoms with Crippen molar-refractivity contribution in [1.29, 1.82) is 0 Å². The summed E-state index contributed by atoms with van der Waals surface area (Å²) in [6.45, 7) is 2.65. The molecule has 2 aliphatic heterocycles. The van der Waals surface area contributed by atoms with Crippen molar-refractivity contribution in [3.63, 3.8) is 0 Å². The van der Waals surface area contributed by atoms with Gasteiger partial charge in [-0.05, 0) is 33.0 Å². The summed E-state index contributed by atoms with van der Waals surface area (Å²) >= 11 is 0. The molecule has 1 amide bonds. The molecule has 3 fully saturated rings. The highest BCUT2D eigenvalue weighted by molar-refractivity contribution is 6.04. The van der Waals surface area contributed by atoms with E-state index in [1.165, 1.54) is 6.92 Å². The molecular weight excluding hydrogens is 558 g/mol. The molecule has 12 nitrogen and oxygen atoms in total. The molecule has 0 aromatic heterocycles. The molecule has 2 aromatic carbocycles. The lowest BCUT2D eigenvalue weighted by Gasteiger charge is -2.60. The fourth-order valence-corrected chi connectivity index (χ4v) is 6.49. The maximum atomic E-state index is 13.2. The number of ether oxygens (including phenoxy) is 3. The Balaban J connectivity index is 1.52. The predicted octanol–water partition coefficient (Wildman–Crippen LogP) is 0.120. The van der Waals surface area contributed by atoms with Gasteiger partial charge in [-0.2, -0.15) is 0 Å². The number of hydrogen-bond acceptors (Lipinski definition) is 11. The number of carbonyl (C=O) groups is 2. The number of aliphatic hydroxyl groups is 4. The standard InChI is InChI=1S/C31H39N3O9/c1-17-14-30(39,16-32)31(40)29(41-17)42-27-25(37)22(18(2)33-28(38)20-12-8-5-9-13-20)24(36)23(26(27)43-31)34(3)15-21(35)19-10-6-4-7-11-19/h4-13,17,22-27,29,36-37,39-40H,14-16,32H2,1-3H3/t17-,22-,23+,24?,25+,26?,27?,29?,30-,31-/m1/s1. The van der Waals surface area contributed by atoms with E-state index in [1.807, 2.05) is 0 Å². The molecule has 1 aliphatic carbocycles. The van der Waals surface area contributed by atoms with E-state index >= 15 is 0 Å². The van der Waals surface area contributed by atoms with E-state index in [0.29, 0.717) is 11.1 Å². The van der Waals surface area contributed by atoms with Gasteiger partial charge in [0.05, 0.1) is 36.8 Å². The number of hydrogen-bond donors (Lipinski definition) is 5. The third kappa shape index (κ3) is 5.70. The van der Waals surface area contributed by atoms with Crippen molar-refractivity contribution >= 4 is 17.4 Å². The predicted molar refractivity (Wildman–Crippen MR) is 154 cm³/mol. The zero-order valence-electron chi connectivity index (χ0n) is 24.3. The molecule has 12 heteroatoms. The molecule has 2 heterocycles. The normalized spacial score (nSPS) is 37.8. The summed E-state index contributed by atoms with van der Waals surface area (Å²) in [7, 11) is 1.59. The fraction of sp³-hybridized carbons (Fsp3) is 0.516. The highest BCUT2D eigenvalue weighted by Crippen LogP contribution is 2.47. The van der Waals surface area contributed by atoms with Crippen LogP contribution in [0.2, 0.25) is 0 Å². The van der Waals surface area contributed by atoms with Gasteiger partial charge >= 0.3 is 0 Å². The van der Waals surface area contributed by atoms with Crippen molar-refractivity contribution in [3.05, 3.63) is 71.8 Å². The zero-order chi connectivity index (χ0) is 31.1. The third-order valence-corrected chi connectivity index (χ3v) is 8.76. The van der Waals surface area contributed by atoms with Crippen LogP contribution in [0.25, 0.3) is 0 Å². The second-order valence-corrected chi connectivity index (χ2v) is 11.7. The van der Waals surface area contributed by atoms with Crippen molar-refractivity contribution in [2.24, 2.45) is 16.6 Å². The Hall–Kier alpha value is -2.91. The number of amides is 1. The van der Waals surface area contributed by atoms with Crippen LogP contribution in [0.3, 0.4) is 0 Å². The smallest absolute Gasteiger partial charge is 0.276 e. The van der Waals surface area contributed by atoms with Crippen LogP contribution < -0.4 is 5.73 Å². The Morgan fingerprint density at radius 3 is 2.19 bits per heavy atom. The minimum atomic E-state index is -2.45. The Bertz CT molecular complexity index is 1340. The molecule has 0 bridgehead atoms. The van der Waals surface area contributed by atoms with E-state index in [-0.39, 0.29) is 31.0 Å². The maximum Gasteiger partial charge on any atom is 0.276 e. The average molecular weight is 598 g/mol. The molecule has 3 aliphatic rings. The van der Waals surface area contributed by atoms with Gasteiger partial charge in [-0.1, -0.05) is 48.5 Å². The number of likely N-dealkylation sites (N-methyl/N-ethyl adjacent to an activating group) is 1. The molecule has 232 valence electrons. The number of carbonyl (C=O) groups excluding carboxylic acids is 2.